The van der Waals surface area contributed by atoms with Gasteiger partial charge in [-0.1, -0.05) is 13.0 Å². The molecule has 1 saturated heterocycles. The quantitative estimate of drug-likeness (QED) is 0.920. The number of ether oxygens (including phenoxy) is 2. The van der Waals surface area contributed by atoms with Crippen LogP contribution in [-0.4, -0.2) is 49.8 Å². The lowest BCUT2D eigenvalue weighted by atomic mass is 10.1. The molecule has 2 atom stereocenters. The lowest BCUT2D eigenvalue weighted by Crippen LogP contribution is -2.55. The minimum atomic E-state index is 0.616. The van der Waals surface area contributed by atoms with E-state index in [0.717, 1.165) is 37.6 Å². The van der Waals surface area contributed by atoms with Gasteiger partial charge in [-0.05, 0) is 37.5 Å². The number of fused-ring (bicyclic) bond motifs is 1. The third kappa shape index (κ3) is 3.50. The maximum Gasteiger partial charge on any atom is 0.161 e. The second kappa shape index (κ2) is 6.67. The number of benzene rings is 1. The molecule has 0 aliphatic carbocycles. The first-order valence-corrected chi connectivity index (χ1v) is 8.12. The molecule has 0 spiro atoms. The Morgan fingerprint density at radius 2 is 2.05 bits per heavy atom. The van der Waals surface area contributed by atoms with Gasteiger partial charge in [0.1, 0.15) is 13.2 Å². The Hall–Kier alpha value is -1.26. The van der Waals surface area contributed by atoms with Crippen molar-refractivity contribution in [3.63, 3.8) is 0 Å². The summed E-state index contributed by atoms with van der Waals surface area (Å²) in [5.41, 5.74) is 1.33. The van der Waals surface area contributed by atoms with Crippen molar-refractivity contribution < 1.29 is 9.47 Å². The van der Waals surface area contributed by atoms with Crippen LogP contribution in [0, 0.1) is 0 Å². The molecule has 1 aromatic rings. The smallest absolute Gasteiger partial charge is 0.161 e. The third-order valence-corrected chi connectivity index (χ3v) is 4.57. The van der Waals surface area contributed by atoms with Gasteiger partial charge < -0.3 is 14.8 Å². The first-order chi connectivity index (χ1) is 10.3. The molecular formula is C17H26N2O2. The number of rotatable bonds is 4. The summed E-state index contributed by atoms with van der Waals surface area (Å²) in [6.45, 7) is 9.24. The largest absolute Gasteiger partial charge is 0.486 e. The first-order valence-electron chi connectivity index (χ1n) is 8.12. The Bertz CT molecular complexity index is 478. The molecule has 3 rings (SSSR count). The van der Waals surface area contributed by atoms with Crippen molar-refractivity contribution in [1.82, 2.24) is 10.2 Å². The highest BCUT2D eigenvalue weighted by Crippen LogP contribution is 2.30. The van der Waals surface area contributed by atoms with Crippen LogP contribution >= 0.6 is 0 Å². The third-order valence-electron chi connectivity index (χ3n) is 4.57. The summed E-state index contributed by atoms with van der Waals surface area (Å²) in [6.07, 6.45) is 2.27. The van der Waals surface area contributed by atoms with Gasteiger partial charge in [-0.15, -0.1) is 0 Å². The molecule has 0 radical (unpaired) electrons. The predicted molar refractivity (Wildman–Crippen MR) is 84.3 cm³/mol. The lowest BCUT2D eigenvalue weighted by Gasteiger charge is -2.38. The van der Waals surface area contributed by atoms with Gasteiger partial charge in [0.25, 0.3) is 0 Å². The Kier molecular flexibility index (Phi) is 4.66. The second-order valence-electron chi connectivity index (χ2n) is 6.09. The molecule has 0 bridgehead atoms. The minimum Gasteiger partial charge on any atom is -0.486 e. The molecule has 1 aromatic carbocycles. The summed E-state index contributed by atoms with van der Waals surface area (Å²) in [5.74, 6) is 1.78. The van der Waals surface area contributed by atoms with Crippen LogP contribution in [-0.2, 0) is 6.42 Å². The maximum absolute atomic E-state index is 5.66. The van der Waals surface area contributed by atoms with E-state index in [4.69, 9.17) is 9.47 Å². The van der Waals surface area contributed by atoms with Gasteiger partial charge in [-0.25, -0.2) is 0 Å². The minimum absolute atomic E-state index is 0.616. The van der Waals surface area contributed by atoms with Gasteiger partial charge in [0.2, 0.25) is 0 Å². The highest BCUT2D eigenvalue weighted by molar-refractivity contribution is 5.43. The molecule has 0 aromatic heterocycles. The van der Waals surface area contributed by atoms with Crippen molar-refractivity contribution >= 4 is 0 Å². The molecule has 1 fully saturated rings. The summed E-state index contributed by atoms with van der Waals surface area (Å²) in [4.78, 5) is 2.60. The fraction of sp³-hybridized carbons (Fsp3) is 0.647. The number of piperazine rings is 1. The summed E-state index contributed by atoms with van der Waals surface area (Å²) in [5, 5.41) is 3.61. The number of hydrogen-bond donors (Lipinski definition) is 1. The Morgan fingerprint density at radius 3 is 2.86 bits per heavy atom. The van der Waals surface area contributed by atoms with Crippen molar-refractivity contribution in [1.29, 1.82) is 0 Å². The van der Waals surface area contributed by atoms with Crippen LogP contribution in [0.4, 0.5) is 0 Å². The molecule has 21 heavy (non-hydrogen) atoms. The van der Waals surface area contributed by atoms with Crippen LogP contribution in [0.5, 0.6) is 11.5 Å². The Balaban J connectivity index is 1.59. The van der Waals surface area contributed by atoms with E-state index in [-0.39, 0.29) is 0 Å². The normalized spacial score (nSPS) is 25.8. The van der Waals surface area contributed by atoms with E-state index >= 15 is 0 Å². The van der Waals surface area contributed by atoms with Crippen molar-refractivity contribution in [3.05, 3.63) is 23.8 Å². The van der Waals surface area contributed by atoms with E-state index in [0.29, 0.717) is 25.3 Å². The molecule has 116 valence electrons. The van der Waals surface area contributed by atoms with Gasteiger partial charge in [0.15, 0.2) is 11.5 Å². The van der Waals surface area contributed by atoms with Gasteiger partial charge >= 0.3 is 0 Å². The fourth-order valence-electron chi connectivity index (χ4n) is 3.09. The van der Waals surface area contributed by atoms with E-state index in [1.165, 1.54) is 12.0 Å². The molecule has 1 N–H and O–H groups in total. The monoisotopic (exact) mass is 290 g/mol. The Labute approximate surface area is 127 Å². The van der Waals surface area contributed by atoms with Gasteiger partial charge in [-0.3, -0.25) is 4.90 Å². The zero-order chi connectivity index (χ0) is 14.7. The molecule has 2 aliphatic rings. The van der Waals surface area contributed by atoms with Crippen LogP contribution in [0.15, 0.2) is 18.2 Å². The van der Waals surface area contributed by atoms with E-state index in [1.54, 1.807) is 0 Å². The number of hydrogen-bond acceptors (Lipinski definition) is 4. The van der Waals surface area contributed by atoms with Crippen LogP contribution < -0.4 is 14.8 Å². The SMILES string of the molecule is CCC1CN(CCc2ccc3c(c2)OCCO3)C(C)CN1. The first kappa shape index (κ1) is 14.7. The van der Waals surface area contributed by atoms with Crippen molar-refractivity contribution in [2.75, 3.05) is 32.8 Å². The molecule has 0 saturated carbocycles. The molecule has 4 nitrogen and oxygen atoms in total. The predicted octanol–water partition coefficient (Wildman–Crippen LogP) is 2.07. The topological polar surface area (TPSA) is 33.7 Å². The van der Waals surface area contributed by atoms with Gasteiger partial charge in [0, 0.05) is 31.7 Å². The van der Waals surface area contributed by atoms with Crippen LogP contribution in [0.1, 0.15) is 25.8 Å². The lowest BCUT2D eigenvalue weighted by molar-refractivity contribution is 0.140. The number of nitrogens with one attached hydrogen (secondary N) is 1. The van der Waals surface area contributed by atoms with Gasteiger partial charge in [0.05, 0.1) is 0 Å². The number of nitrogens with zero attached hydrogens (tertiary/aromatic N) is 1. The summed E-state index contributed by atoms with van der Waals surface area (Å²) >= 11 is 0. The summed E-state index contributed by atoms with van der Waals surface area (Å²) in [6, 6.07) is 7.60. The van der Waals surface area contributed by atoms with Crippen molar-refractivity contribution in [2.24, 2.45) is 0 Å². The van der Waals surface area contributed by atoms with E-state index in [9.17, 15) is 0 Å². The van der Waals surface area contributed by atoms with E-state index in [1.807, 2.05) is 6.07 Å². The average Bonchev–Trinajstić information content (AvgIpc) is 2.54. The van der Waals surface area contributed by atoms with E-state index < -0.39 is 0 Å². The van der Waals surface area contributed by atoms with E-state index in [2.05, 4.69) is 36.2 Å². The second-order valence-corrected chi connectivity index (χ2v) is 6.09. The van der Waals surface area contributed by atoms with Crippen LogP contribution in [0.3, 0.4) is 0 Å². The Morgan fingerprint density at radius 1 is 1.24 bits per heavy atom. The van der Waals surface area contributed by atoms with Crippen molar-refractivity contribution in [3.8, 4) is 11.5 Å². The molecule has 0 amide bonds. The fourth-order valence-corrected chi connectivity index (χ4v) is 3.09. The molecule has 2 unspecified atom stereocenters. The zero-order valence-corrected chi connectivity index (χ0v) is 13.1. The van der Waals surface area contributed by atoms with Crippen LogP contribution in [0.25, 0.3) is 0 Å². The molecule has 2 aliphatic heterocycles. The summed E-state index contributed by atoms with van der Waals surface area (Å²) in [7, 11) is 0. The van der Waals surface area contributed by atoms with Gasteiger partial charge in [-0.2, -0.15) is 0 Å². The standard InChI is InChI=1S/C17H26N2O2/c1-3-15-12-19(13(2)11-18-15)7-6-14-4-5-16-17(10-14)21-9-8-20-16/h4-5,10,13,15,18H,3,6-9,11-12H2,1-2H3. The molecular weight excluding hydrogens is 264 g/mol. The highest BCUT2D eigenvalue weighted by Gasteiger charge is 2.23. The average molecular weight is 290 g/mol. The van der Waals surface area contributed by atoms with Crippen LogP contribution in [0.2, 0.25) is 0 Å². The zero-order valence-electron chi connectivity index (χ0n) is 13.1. The maximum atomic E-state index is 5.66. The molecule has 2 heterocycles. The summed E-state index contributed by atoms with van der Waals surface area (Å²) < 4.78 is 11.2. The molecule has 4 heteroatoms. The highest BCUT2D eigenvalue weighted by atomic mass is 16.6. The van der Waals surface area contributed by atoms with Crippen molar-refractivity contribution in [2.45, 2.75) is 38.8 Å².